The van der Waals surface area contributed by atoms with E-state index in [9.17, 15) is 0 Å². The minimum atomic E-state index is -0.533. The molecule has 0 atom stereocenters. The van der Waals surface area contributed by atoms with Gasteiger partial charge >= 0.3 is 0 Å². The first-order chi connectivity index (χ1) is 15.6. The quantitative estimate of drug-likeness (QED) is 0.169. The summed E-state index contributed by atoms with van der Waals surface area (Å²) in [6.45, 7) is 0. The van der Waals surface area contributed by atoms with Gasteiger partial charge in [0, 0.05) is 17.9 Å². The summed E-state index contributed by atoms with van der Waals surface area (Å²) in [7, 11) is -1.07. The van der Waals surface area contributed by atoms with Crippen LogP contribution in [0, 0.1) is 0 Å². The zero-order valence-corrected chi connectivity index (χ0v) is 25.2. The van der Waals surface area contributed by atoms with Crippen molar-refractivity contribution in [1.82, 2.24) is 0 Å². The molecule has 0 fully saturated rings. The summed E-state index contributed by atoms with van der Waals surface area (Å²) in [6, 6.07) is 34.7. The van der Waals surface area contributed by atoms with Crippen molar-refractivity contribution in [1.29, 1.82) is 0 Å². The minimum absolute atomic E-state index is 0.533. The van der Waals surface area contributed by atoms with E-state index in [1.807, 2.05) is 0 Å². The van der Waals surface area contributed by atoms with E-state index in [0.717, 1.165) is 12.3 Å². The molecule has 0 radical (unpaired) electrons. The van der Waals surface area contributed by atoms with Gasteiger partial charge in [0.2, 0.25) is 0 Å². The van der Waals surface area contributed by atoms with Crippen LogP contribution < -0.4 is 21.2 Å². The van der Waals surface area contributed by atoms with Gasteiger partial charge in [-0.2, -0.15) is 0 Å². The van der Waals surface area contributed by atoms with Crippen LogP contribution >= 0.6 is 79.6 Å². The second-order valence-electron chi connectivity index (χ2n) is 7.11. The zero-order valence-electron chi connectivity index (χ0n) is 17.1. The third-order valence-corrected chi connectivity index (χ3v) is 14.7. The SMILES string of the molecule is Brc1ccccc1P(CCP(c1ccccc1Br)c1ccccc1Br)c1ccccc1Br. The Kier molecular flexibility index (Phi) is 9.19. The Hall–Kier alpha value is -0.340. The van der Waals surface area contributed by atoms with Crippen molar-refractivity contribution in [2.75, 3.05) is 12.3 Å². The number of hydrogen-bond acceptors (Lipinski definition) is 0. The molecular formula is C26H20Br4P2. The van der Waals surface area contributed by atoms with E-state index < -0.39 is 15.8 Å². The summed E-state index contributed by atoms with van der Waals surface area (Å²) in [5.41, 5.74) is 0. The molecule has 0 heterocycles. The van der Waals surface area contributed by atoms with Crippen molar-refractivity contribution in [3.63, 3.8) is 0 Å². The predicted octanol–water partition coefficient (Wildman–Crippen LogP) is 8.30. The van der Waals surface area contributed by atoms with Crippen LogP contribution in [-0.2, 0) is 0 Å². The lowest BCUT2D eigenvalue weighted by atomic mass is 10.4. The molecule has 0 amide bonds. The van der Waals surface area contributed by atoms with E-state index in [-0.39, 0.29) is 0 Å². The Bertz CT molecular complexity index is 1030. The van der Waals surface area contributed by atoms with Gasteiger partial charge in [0.15, 0.2) is 0 Å². The average Bonchev–Trinajstić information content (AvgIpc) is 2.80. The Labute approximate surface area is 226 Å². The van der Waals surface area contributed by atoms with E-state index in [0.29, 0.717) is 0 Å². The topological polar surface area (TPSA) is 0 Å². The molecule has 0 nitrogen and oxygen atoms in total. The van der Waals surface area contributed by atoms with Crippen molar-refractivity contribution in [2.24, 2.45) is 0 Å². The van der Waals surface area contributed by atoms with E-state index in [4.69, 9.17) is 0 Å². The summed E-state index contributed by atoms with van der Waals surface area (Å²) in [4.78, 5) is 0. The number of benzene rings is 4. The van der Waals surface area contributed by atoms with Crippen LogP contribution in [0.4, 0.5) is 0 Å². The normalized spacial score (nSPS) is 11.3. The monoisotopic (exact) mass is 710 g/mol. The number of hydrogen-bond donors (Lipinski definition) is 0. The Morgan fingerprint density at radius 2 is 0.594 bits per heavy atom. The molecule has 0 unspecified atom stereocenters. The van der Waals surface area contributed by atoms with Crippen LogP contribution in [0.5, 0.6) is 0 Å². The standard InChI is InChI=1S/C26H20Br4P2/c27-19-9-1-5-13-23(19)31(24-14-6-2-10-20(24)28)17-18-32(25-15-7-3-11-21(25)29)26-16-8-4-12-22(26)30/h1-16H,17-18H2. The van der Waals surface area contributed by atoms with Gasteiger partial charge in [0.05, 0.1) is 0 Å². The molecule has 0 aromatic heterocycles. The van der Waals surface area contributed by atoms with Crippen molar-refractivity contribution in [3.05, 3.63) is 115 Å². The lowest BCUT2D eigenvalue weighted by Crippen LogP contribution is -2.22. The van der Waals surface area contributed by atoms with Gasteiger partial charge < -0.3 is 0 Å². The summed E-state index contributed by atoms with van der Waals surface area (Å²) in [5, 5.41) is 5.57. The fourth-order valence-electron chi connectivity index (χ4n) is 3.62. The molecule has 0 aliphatic carbocycles. The van der Waals surface area contributed by atoms with Crippen molar-refractivity contribution in [3.8, 4) is 0 Å². The highest BCUT2D eigenvalue weighted by Crippen LogP contribution is 2.45. The summed E-state index contributed by atoms with van der Waals surface area (Å²) in [6.07, 6.45) is 2.21. The molecule has 0 bridgehead atoms. The second-order valence-corrected chi connectivity index (χ2v) is 15.1. The highest BCUT2D eigenvalue weighted by atomic mass is 79.9. The summed E-state index contributed by atoms with van der Waals surface area (Å²) >= 11 is 15.3. The second kappa shape index (κ2) is 11.9. The van der Waals surface area contributed by atoms with Crippen LogP contribution in [-0.4, -0.2) is 12.3 Å². The molecule has 162 valence electrons. The van der Waals surface area contributed by atoms with E-state index >= 15 is 0 Å². The molecule has 0 aliphatic rings. The molecule has 0 saturated carbocycles. The third kappa shape index (κ3) is 5.83. The number of halogens is 4. The first-order valence-corrected chi connectivity index (χ1v) is 16.3. The van der Waals surface area contributed by atoms with Crippen molar-refractivity contribution < 1.29 is 0 Å². The Balaban J connectivity index is 1.75. The molecule has 6 heteroatoms. The van der Waals surface area contributed by atoms with Crippen LogP contribution in [0.2, 0.25) is 0 Å². The van der Waals surface area contributed by atoms with Gasteiger partial charge in [0.25, 0.3) is 0 Å². The molecular weight excluding hydrogens is 694 g/mol. The molecule has 4 aromatic carbocycles. The van der Waals surface area contributed by atoms with Crippen LogP contribution in [0.25, 0.3) is 0 Å². The predicted molar refractivity (Wildman–Crippen MR) is 159 cm³/mol. The third-order valence-electron chi connectivity index (χ3n) is 5.12. The molecule has 0 aliphatic heterocycles. The van der Waals surface area contributed by atoms with E-state index in [1.54, 1.807) is 0 Å². The first-order valence-electron chi connectivity index (χ1n) is 10.1. The molecule has 32 heavy (non-hydrogen) atoms. The lowest BCUT2D eigenvalue weighted by molar-refractivity contribution is 1.50. The lowest BCUT2D eigenvalue weighted by Gasteiger charge is -2.26. The molecule has 4 aromatic rings. The highest BCUT2D eigenvalue weighted by molar-refractivity contribution is 9.11. The van der Waals surface area contributed by atoms with Crippen LogP contribution in [0.1, 0.15) is 0 Å². The van der Waals surface area contributed by atoms with Gasteiger partial charge in [0.1, 0.15) is 0 Å². The summed E-state index contributed by atoms with van der Waals surface area (Å²) < 4.78 is 4.75. The smallest absolute Gasteiger partial charge is 0.0255 e. The van der Waals surface area contributed by atoms with Gasteiger partial charge in [-0.3, -0.25) is 0 Å². The van der Waals surface area contributed by atoms with Gasteiger partial charge in [-0.15, -0.1) is 0 Å². The van der Waals surface area contributed by atoms with Crippen molar-refractivity contribution in [2.45, 2.75) is 0 Å². The maximum absolute atomic E-state index is 3.83. The van der Waals surface area contributed by atoms with E-state index in [2.05, 4.69) is 161 Å². The van der Waals surface area contributed by atoms with Gasteiger partial charge in [-0.1, -0.05) is 137 Å². The van der Waals surface area contributed by atoms with Crippen LogP contribution in [0.3, 0.4) is 0 Å². The fourth-order valence-corrected chi connectivity index (χ4v) is 12.8. The minimum Gasteiger partial charge on any atom is -0.0615 e. The average molecular weight is 714 g/mol. The molecule has 0 N–H and O–H groups in total. The largest absolute Gasteiger partial charge is 0.0615 e. The fraction of sp³-hybridized carbons (Fsp3) is 0.0769. The van der Waals surface area contributed by atoms with Crippen molar-refractivity contribution >= 4 is 101 Å². The maximum atomic E-state index is 3.83. The molecule has 0 spiro atoms. The first kappa shape index (κ1) is 24.8. The Morgan fingerprint density at radius 3 is 0.812 bits per heavy atom. The number of rotatable bonds is 7. The highest BCUT2D eigenvalue weighted by Gasteiger charge is 2.24. The maximum Gasteiger partial charge on any atom is 0.0255 e. The zero-order chi connectivity index (χ0) is 22.5. The van der Waals surface area contributed by atoms with Gasteiger partial charge in [-0.05, 0) is 73.7 Å². The van der Waals surface area contributed by atoms with Crippen LogP contribution in [0.15, 0.2) is 115 Å². The summed E-state index contributed by atoms with van der Waals surface area (Å²) in [5.74, 6) is 0. The molecule has 4 rings (SSSR count). The Morgan fingerprint density at radius 1 is 0.375 bits per heavy atom. The molecule has 0 saturated heterocycles. The van der Waals surface area contributed by atoms with Gasteiger partial charge in [-0.25, -0.2) is 0 Å². The van der Waals surface area contributed by atoms with E-state index in [1.165, 1.54) is 39.1 Å².